The fourth-order valence-electron chi connectivity index (χ4n) is 3.54. The monoisotopic (exact) mass is 426 g/mol. The van der Waals surface area contributed by atoms with Crippen LogP contribution >= 0.6 is 23.4 Å². The highest BCUT2D eigenvalue weighted by molar-refractivity contribution is 8.16. The van der Waals surface area contributed by atoms with Gasteiger partial charge < -0.3 is 9.30 Å². The molecule has 1 aromatic carbocycles. The van der Waals surface area contributed by atoms with E-state index in [0.717, 1.165) is 28.3 Å². The Balaban J connectivity index is 1.82. The van der Waals surface area contributed by atoms with Crippen molar-refractivity contribution in [3.05, 3.63) is 62.9 Å². The summed E-state index contributed by atoms with van der Waals surface area (Å²) in [6.07, 6.45) is 1.73. The first-order valence-electron chi connectivity index (χ1n) is 8.92. The molecule has 0 atom stereocenters. The Morgan fingerprint density at radius 1 is 1.24 bits per heavy atom. The summed E-state index contributed by atoms with van der Waals surface area (Å²) < 4.78 is 7.53. The van der Waals surface area contributed by atoms with Crippen molar-refractivity contribution in [1.82, 2.24) is 9.47 Å². The van der Waals surface area contributed by atoms with Crippen LogP contribution in [0.5, 0.6) is 5.75 Å². The Labute approximate surface area is 178 Å². The Kier molecular flexibility index (Phi) is 4.88. The number of carbonyl (C=O) groups excluding carboxylic acids is 1. The molecule has 3 heterocycles. The van der Waals surface area contributed by atoms with Crippen molar-refractivity contribution < 1.29 is 9.53 Å². The van der Waals surface area contributed by atoms with Crippen molar-refractivity contribution in [3.8, 4) is 11.4 Å². The van der Waals surface area contributed by atoms with E-state index in [0.29, 0.717) is 15.9 Å². The smallest absolute Gasteiger partial charge is 0.283 e. The lowest BCUT2D eigenvalue weighted by Crippen LogP contribution is -2.37. The van der Waals surface area contributed by atoms with Crippen LogP contribution in [0.1, 0.15) is 23.9 Å². The second-order valence-electron chi connectivity index (χ2n) is 6.80. The number of thioether (sulfide) groups is 1. The van der Waals surface area contributed by atoms with Crippen LogP contribution in [-0.4, -0.2) is 33.5 Å². The molecule has 0 aliphatic carbocycles. The molecule has 2 aliphatic rings. The van der Waals surface area contributed by atoms with Crippen LogP contribution in [-0.2, 0) is 4.79 Å². The number of aliphatic imine (C=N–C) groups is 1. The third-order valence-electron chi connectivity index (χ3n) is 4.94. The van der Waals surface area contributed by atoms with Gasteiger partial charge in [0, 0.05) is 22.1 Å². The number of aromatic nitrogens is 1. The number of carbonyl (C=O) groups is 1. The molecule has 1 N–H and O–H groups in total. The number of allylic oxidation sites excluding steroid dienone is 1. The molecule has 8 heteroatoms. The number of methoxy groups -OCH3 is 1. The minimum atomic E-state index is -0.401. The third kappa shape index (κ3) is 3.20. The highest BCUT2D eigenvalue weighted by Gasteiger charge is 2.34. The standard InChI is InChI=1S/C21H19ClN4O2S/c1-11-7-14(13(3)25(11)17-9-15(22)5-6-18(17)28-4)8-16-19(23)26-12(2)10-29-21(26)24-20(16)27/h5-10,23H,1-4H3. The zero-order valence-corrected chi connectivity index (χ0v) is 18.0. The average molecular weight is 427 g/mol. The summed E-state index contributed by atoms with van der Waals surface area (Å²) >= 11 is 7.57. The third-order valence-corrected chi connectivity index (χ3v) is 6.12. The lowest BCUT2D eigenvalue weighted by Gasteiger charge is -2.25. The van der Waals surface area contributed by atoms with Crippen LogP contribution in [0.15, 0.2) is 45.9 Å². The molecule has 0 saturated carbocycles. The van der Waals surface area contributed by atoms with Crippen molar-refractivity contribution in [2.24, 2.45) is 4.99 Å². The van der Waals surface area contributed by atoms with E-state index in [2.05, 4.69) is 4.99 Å². The molecule has 148 valence electrons. The second-order valence-corrected chi connectivity index (χ2v) is 8.07. The molecular weight excluding hydrogens is 408 g/mol. The molecule has 6 nitrogen and oxygen atoms in total. The summed E-state index contributed by atoms with van der Waals surface area (Å²) in [5.74, 6) is 0.437. The van der Waals surface area contributed by atoms with E-state index in [-0.39, 0.29) is 11.4 Å². The number of hydrogen-bond acceptors (Lipinski definition) is 4. The number of nitrogens with one attached hydrogen (secondary N) is 1. The molecule has 0 saturated heterocycles. The van der Waals surface area contributed by atoms with Gasteiger partial charge in [-0.15, -0.1) is 0 Å². The fourth-order valence-corrected chi connectivity index (χ4v) is 4.56. The summed E-state index contributed by atoms with van der Waals surface area (Å²) in [5, 5.41) is 11.6. The molecule has 1 amide bonds. The lowest BCUT2D eigenvalue weighted by atomic mass is 10.1. The first-order chi connectivity index (χ1) is 13.8. The predicted octanol–water partition coefficient (Wildman–Crippen LogP) is 4.92. The molecule has 0 unspecified atom stereocenters. The van der Waals surface area contributed by atoms with Crippen molar-refractivity contribution in [2.45, 2.75) is 20.8 Å². The summed E-state index contributed by atoms with van der Waals surface area (Å²) in [6.45, 7) is 5.83. The van der Waals surface area contributed by atoms with Crippen LogP contribution in [0, 0.1) is 19.3 Å². The Bertz CT molecular complexity index is 1160. The average Bonchev–Trinajstić information content (AvgIpc) is 3.17. The molecule has 2 aromatic rings. The number of nitrogens with zero attached hydrogens (tertiary/aromatic N) is 3. The number of aryl methyl sites for hydroxylation is 1. The molecule has 4 rings (SSSR count). The number of amides is 1. The van der Waals surface area contributed by atoms with E-state index >= 15 is 0 Å². The number of amidine groups is 2. The van der Waals surface area contributed by atoms with Gasteiger partial charge in [0.25, 0.3) is 5.91 Å². The first kappa shape index (κ1) is 19.5. The largest absolute Gasteiger partial charge is 0.495 e. The van der Waals surface area contributed by atoms with Crippen molar-refractivity contribution >= 4 is 46.3 Å². The van der Waals surface area contributed by atoms with E-state index in [1.54, 1.807) is 24.2 Å². The van der Waals surface area contributed by atoms with Gasteiger partial charge in [0.05, 0.1) is 18.4 Å². The fraction of sp³-hybridized carbons (Fsp3) is 0.190. The summed E-state index contributed by atoms with van der Waals surface area (Å²) in [4.78, 5) is 18.4. The summed E-state index contributed by atoms with van der Waals surface area (Å²) in [6, 6.07) is 7.43. The van der Waals surface area contributed by atoms with Gasteiger partial charge in [0.2, 0.25) is 0 Å². The van der Waals surface area contributed by atoms with E-state index in [1.165, 1.54) is 11.8 Å². The number of ether oxygens (including phenoxy) is 1. The maximum absolute atomic E-state index is 12.6. The highest BCUT2D eigenvalue weighted by Crippen LogP contribution is 2.34. The van der Waals surface area contributed by atoms with Gasteiger partial charge in [-0.25, -0.2) is 0 Å². The van der Waals surface area contributed by atoms with Gasteiger partial charge in [-0.3, -0.25) is 15.1 Å². The maximum Gasteiger partial charge on any atom is 0.283 e. The normalized spacial score (nSPS) is 17.6. The van der Waals surface area contributed by atoms with Crippen molar-refractivity contribution in [1.29, 1.82) is 5.41 Å². The van der Waals surface area contributed by atoms with Gasteiger partial charge in [0.15, 0.2) is 5.17 Å². The van der Waals surface area contributed by atoms with E-state index in [4.69, 9.17) is 21.7 Å². The quantitative estimate of drug-likeness (QED) is 0.707. The molecule has 1 aromatic heterocycles. The number of halogens is 1. The molecule has 0 fully saturated rings. The minimum absolute atomic E-state index is 0.142. The SMILES string of the molecule is COc1ccc(Cl)cc1-n1c(C)cc(C=C2C(=N)N3C(C)=CSC3=NC2=O)c1C. The van der Waals surface area contributed by atoms with Crippen LogP contribution in [0.3, 0.4) is 0 Å². The van der Waals surface area contributed by atoms with Gasteiger partial charge in [-0.1, -0.05) is 23.4 Å². The van der Waals surface area contributed by atoms with Crippen LogP contribution in [0.25, 0.3) is 11.8 Å². The van der Waals surface area contributed by atoms with Gasteiger partial charge >= 0.3 is 0 Å². The molecule has 29 heavy (non-hydrogen) atoms. The number of hydrogen-bond donors (Lipinski definition) is 1. The number of benzene rings is 1. The van der Waals surface area contributed by atoms with E-state index in [9.17, 15) is 4.79 Å². The Morgan fingerprint density at radius 2 is 2.00 bits per heavy atom. The predicted molar refractivity (Wildman–Crippen MR) is 118 cm³/mol. The zero-order valence-electron chi connectivity index (χ0n) is 16.4. The zero-order chi connectivity index (χ0) is 20.9. The van der Waals surface area contributed by atoms with E-state index < -0.39 is 5.91 Å². The van der Waals surface area contributed by atoms with E-state index in [1.807, 2.05) is 48.9 Å². The molecule has 2 aliphatic heterocycles. The van der Waals surface area contributed by atoms with Gasteiger partial charge in [-0.2, -0.15) is 4.99 Å². The summed E-state index contributed by atoms with van der Waals surface area (Å²) in [7, 11) is 1.62. The summed E-state index contributed by atoms with van der Waals surface area (Å²) in [5.41, 5.74) is 4.67. The molecule has 0 bridgehead atoms. The Hall–Kier alpha value is -2.77. The highest BCUT2D eigenvalue weighted by atomic mass is 35.5. The molecule has 0 spiro atoms. The van der Waals surface area contributed by atoms with Crippen molar-refractivity contribution in [3.63, 3.8) is 0 Å². The number of rotatable bonds is 3. The van der Waals surface area contributed by atoms with Crippen molar-refractivity contribution in [2.75, 3.05) is 7.11 Å². The topological polar surface area (TPSA) is 70.7 Å². The molecule has 0 radical (unpaired) electrons. The Morgan fingerprint density at radius 3 is 2.72 bits per heavy atom. The van der Waals surface area contributed by atoms with Crippen LogP contribution in [0.4, 0.5) is 0 Å². The second kappa shape index (κ2) is 7.24. The number of fused-ring (bicyclic) bond motifs is 1. The van der Waals surface area contributed by atoms with Gasteiger partial charge in [-0.05, 0) is 62.1 Å². The first-order valence-corrected chi connectivity index (χ1v) is 10.2. The molecular formula is C21H19ClN4O2S. The maximum atomic E-state index is 12.6. The van der Waals surface area contributed by atoms with Crippen LogP contribution < -0.4 is 4.74 Å². The lowest BCUT2D eigenvalue weighted by molar-refractivity contribution is -0.114. The van der Waals surface area contributed by atoms with Crippen LogP contribution in [0.2, 0.25) is 5.02 Å². The van der Waals surface area contributed by atoms with Gasteiger partial charge in [0.1, 0.15) is 11.6 Å². The minimum Gasteiger partial charge on any atom is -0.495 e.